The Bertz CT molecular complexity index is 880. The van der Waals surface area contributed by atoms with Gasteiger partial charge in [0.1, 0.15) is 0 Å². The van der Waals surface area contributed by atoms with Crippen LogP contribution in [0.3, 0.4) is 0 Å². The van der Waals surface area contributed by atoms with Gasteiger partial charge in [-0.2, -0.15) is 9.37 Å². The number of carbonyl (C=O) groups is 2. The van der Waals surface area contributed by atoms with Crippen molar-refractivity contribution in [2.24, 2.45) is 0 Å². The van der Waals surface area contributed by atoms with E-state index in [-0.39, 0.29) is 23.6 Å². The highest BCUT2D eigenvalue weighted by molar-refractivity contribution is 5.95. The number of hydrogen-bond donors (Lipinski definition) is 1. The van der Waals surface area contributed by atoms with Crippen molar-refractivity contribution in [3.8, 4) is 5.88 Å². The fraction of sp³-hybridized carbons (Fsp3) is 0.263. The second kappa shape index (κ2) is 8.47. The van der Waals surface area contributed by atoms with Crippen LogP contribution in [-0.4, -0.2) is 64.9 Å². The Morgan fingerprint density at radius 1 is 1.18 bits per heavy atom. The standard InChI is InChI=1S/C19H20FN5O3/c1-3-16(26)24-8-10-25(11-9-24)18(27)13-4-6-14(7-5-13)22-19-21-12-15(20)17(23-19)28-2/h3-7,12H,1,8-11H2,2H3,(H,21,22,23). The van der Waals surface area contributed by atoms with E-state index < -0.39 is 5.82 Å². The summed E-state index contributed by atoms with van der Waals surface area (Å²) >= 11 is 0. The fourth-order valence-electron chi connectivity index (χ4n) is 2.82. The molecule has 28 heavy (non-hydrogen) atoms. The molecule has 0 aliphatic carbocycles. The third kappa shape index (κ3) is 4.25. The van der Waals surface area contributed by atoms with Crippen molar-refractivity contribution in [1.82, 2.24) is 19.8 Å². The largest absolute Gasteiger partial charge is 0.479 e. The molecule has 1 aromatic carbocycles. The number of methoxy groups -OCH3 is 1. The molecule has 9 heteroatoms. The third-order valence-electron chi connectivity index (χ3n) is 4.35. The van der Waals surface area contributed by atoms with Crippen molar-refractivity contribution in [1.29, 1.82) is 0 Å². The SMILES string of the molecule is C=CC(=O)N1CCN(C(=O)c2ccc(Nc3ncc(F)c(OC)n3)cc2)CC1. The summed E-state index contributed by atoms with van der Waals surface area (Å²) in [5, 5.41) is 2.93. The topological polar surface area (TPSA) is 87.7 Å². The van der Waals surface area contributed by atoms with E-state index in [9.17, 15) is 14.0 Å². The maximum Gasteiger partial charge on any atom is 0.255 e. The first-order valence-electron chi connectivity index (χ1n) is 8.66. The first-order chi connectivity index (χ1) is 13.5. The molecular weight excluding hydrogens is 365 g/mol. The Hall–Kier alpha value is -3.49. The van der Waals surface area contributed by atoms with Crippen LogP contribution in [0, 0.1) is 5.82 Å². The lowest BCUT2D eigenvalue weighted by atomic mass is 10.1. The Morgan fingerprint density at radius 2 is 1.82 bits per heavy atom. The van der Waals surface area contributed by atoms with Crippen LogP contribution in [0.1, 0.15) is 10.4 Å². The highest BCUT2D eigenvalue weighted by Crippen LogP contribution is 2.19. The molecule has 0 unspecified atom stereocenters. The first kappa shape index (κ1) is 19.3. The van der Waals surface area contributed by atoms with Crippen LogP contribution in [0.5, 0.6) is 5.88 Å². The minimum Gasteiger partial charge on any atom is -0.479 e. The van der Waals surface area contributed by atoms with Gasteiger partial charge in [-0.15, -0.1) is 0 Å². The molecule has 1 N–H and O–H groups in total. The molecule has 1 fully saturated rings. The molecule has 0 radical (unpaired) electrons. The van der Waals surface area contributed by atoms with Gasteiger partial charge in [0.25, 0.3) is 11.8 Å². The number of ether oxygens (including phenoxy) is 1. The van der Waals surface area contributed by atoms with Crippen molar-refractivity contribution in [3.63, 3.8) is 0 Å². The highest BCUT2D eigenvalue weighted by Gasteiger charge is 2.23. The third-order valence-corrected chi connectivity index (χ3v) is 4.35. The predicted molar refractivity (Wildman–Crippen MR) is 101 cm³/mol. The van der Waals surface area contributed by atoms with Gasteiger partial charge in [0.05, 0.1) is 13.3 Å². The second-order valence-electron chi connectivity index (χ2n) is 6.07. The summed E-state index contributed by atoms with van der Waals surface area (Å²) in [6.45, 7) is 5.40. The molecular formula is C19H20FN5O3. The molecule has 0 saturated carbocycles. The van der Waals surface area contributed by atoms with Crippen LogP contribution >= 0.6 is 0 Å². The smallest absolute Gasteiger partial charge is 0.255 e. The summed E-state index contributed by atoms with van der Waals surface area (Å²) in [7, 11) is 1.32. The number of piperazine rings is 1. The highest BCUT2D eigenvalue weighted by atomic mass is 19.1. The van der Waals surface area contributed by atoms with Gasteiger partial charge in [-0.05, 0) is 30.3 Å². The number of hydrogen-bond acceptors (Lipinski definition) is 6. The molecule has 0 bridgehead atoms. The molecule has 1 aromatic heterocycles. The molecule has 3 rings (SSSR count). The number of nitrogens with zero attached hydrogens (tertiary/aromatic N) is 4. The number of anilines is 2. The van der Waals surface area contributed by atoms with Crippen molar-refractivity contribution in [2.45, 2.75) is 0 Å². The van der Waals surface area contributed by atoms with Gasteiger partial charge < -0.3 is 19.9 Å². The first-order valence-corrected chi connectivity index (χ1v) is 8.66. The predicted octanol–water partition coefficient (Wildman–Crippen LogP) is 1.84. The van der Waals surface area contributed by atoms with E-state index in [0.29, 0.717) is 37.4 Å². The number of nitrogens with one attached hydrogen (secondary N) is 1. The van der Waals surface area contributed by atoms with E-state index in [0.717, 1.165) is 6.20 Å². The van der Waals surface area contributed by atoms with E-state index >= 15 is 0 Å². The van der Waals surface area contributed by atoms with Crippen molar-refractivity contribution < 1.29 is 18.7 Å². The van der Waals surface area contributed by atoms with Crippen LogP contribution in [-0.2, 0) is 4.79 Å². The maximum absolute atomic E-state index is 13.4. The van der Waals surface area contributed by atoms with Gasteiger partial charge in [-0.3, -0.25) is 9.59 Å². The number of benzene rings is 1. The van der Waals surface area contributed by atoms with Crippen LogP contribution in [0.15, 0.2) is 43.1 Å². The Labute approximate surface area is 161 Å². The number of halogens is 1. The maximum atomic E-state index is 13.4. The number of rotatable bonds is 5. The summed E-state index contributed by atoms with van der Waals surface area (Å²) in [6.07, 6.45) is 2.30. The van der Waals surface area contributed by atoms with E-state index in [1.54, 1.807) is 34.1 Å². The zero-order valence-corrected chi connectivity index (χ0v) is 15.4. The second-order valence-corrected chi connectivity index (χ2v) is 6.07. The summed E-state index contributed by atoms with van der Waals surface area (Å²) in [6, 6.07) is 6.80. The van der Waals surface area contributed by atoms with E-state index in [4.69, 9.17) is 4.74 Å². The quantitative estimate of drug-likeness (QED) is 0.791. The minimum atomic E-state index is -0.649. The molecule has 2 amide bonds. The molecule has 1 saturated heterocycles. The van der Waals surface area contributed by atoms with Gasteiger partial charge in [0.2, 0.25) is 17.7 Å². The number of amides is 2. The lowest BCUT2D eigenvalue weighted by molar-refractivity contribution is -0.127. The summed E-state index contributed by atoms with van der Waals surface area (Å²) in [5.41, 5.74) is 1.18. The molecule has 146 valence electrons. The van der Waals surface area contributed by atoms with Crippen molar-refractivity contribution in [2.75, 3.05) is 38.6 Å². The molecule has 0 atom stereocenters. The molecule has 1 aliphatic rings. The van der Waals surface area contributed by atoms with Crippen molar-refractivity contribution >= 4 is 23.5 Å². The lowest BCUT2D eigenvalue weighted by Gasteiger charge is -2.34. The van der Waals surface area contributed by atoms with E-state index in [1.165, 1.54) is 13.2 Å². The molecule has 0 spiro atoms. The van der Waals surface area contributed by atoms with Gasteiger partial charge in [0, 0.05) is 37.4 Å². The number of carbonyl (C=O) groups excluding carboxylic acids is 2. The van der Waals surface area contributed by atoms with Crippen LogP contribution in [0.25, 0.3) is 0 Å². The van der Waals surface area contributed by atoms with Crippen LogP contribution in [0.4, 0.5) is 16.0 Å². The minimum absolute atomic E-state index is 0.100. The Morgan fingerprint density at radius 3 is 2.43 bits per heavy atom. The summed E-state index contributed by atoms with van der Waals surface area (Å²) < 4.78 is 18.2. The Balaban J connectivity index is 1.62. The lowest BCUT2D eigenvalue weighted by Crippen LogP contribution is -2.50. The van der Waals surface area contributed by atoms with E-state index in [1.807, 2.05) is 0 Å². The van der Waals surface area contributed by atoms with Crippen LogP contribution in [0.2, 0.25) is 0 Å². The van der Waals surface area contributed by atoms with Gasteiger partial charge >= 0.3 is 0 Å². The Kier molecular flexibility index (Phi) is 5.83. The number of aromatic nitrogens is 2. The summed E-state index contributed by atoms with van der Waals surface area (Å²) in [5.74, 6) is -0.846. The average Bonchev–Trinajstić information content (AvgIpc) is 2.74. The zero-order chi connectivity index (χ0) is 20.1. The molecule has 2 heterocycles. The van der Waals surface area contributed by atoms with Crippen LogP contribution < -0.4 is 10.1 Å². The van der Waals surface area contributed by atoms with Gasteiger partial charge in [-0.25, -0.2) is 4.98 Å². The van der Waals surface area contributed by atoms with Crippen molar-refractivity contribution in [3.05, 3.63) is 54.5 Å². The fourth-order valence-corrected chi connectivity index (χ4v) is 2.82. The molecule has 1 aliphatic heterocycles. The molecule has 2 aromatic rings. The monoisotopic (exact) mass is 385 g/mol. The average molecular weight is 385 g/mol. The van der Waals surface area contributed by atoms with E-state index in [2.05, 4.69) is 21.9 Å². The van der Waals surface area contributed by atoms with Gasteiger partial charge in [0.15, 0.2) is 0 Å². The normalized spacial score (nSPS) is 13.8. The molecule has 8 nitrogen and oxygen atoms in total. The zero-order valence-electron chi connectivity index (χ0n) is 15.4. The van der Waals surface area contributed by atoms with Gasteiger partial charge in [-0.1, -0.05) is 6.58 Å². The summed E-state index contributed by atoms with van der Waals surface area (Å²) in [4.78, 5) is 35.4.